The highest BCUT2D eigenvalue weighted by atomic mass is 35.5. The van der Waals surface area contributed by atoms with E-state index in [1.165, 1.54) is 0 Å². The molecule has 5 nitrogen and oxygen atoms in total. The van der Waals surface area contributed by atoms with Gasteiger partial charge >= 0.3 is 0 Å². The minimum Gasteiger partial charge on any atom is -0.334 e. The van der Waals surface area contributed by atoms with Gasteiger partial charge in [-0.3, -0.25) is 4.79 Å². The molecular formula is C15H17ClN4O. The maximum atomic E-state index is 12.5. The normalized spacial score (nSPS) is 18.8. The first-order valence-corrected chi connectivity index (χ1v) is 7.36. The van der Waals surface area contributed by atoms with Crippen LogP contribution in [0.3, 0.4) is 0 Å². The molecule has 0 spiro atoms. The van der Waals surface area contributed by atoms with E-state index in [0.29, 0.717) is 29.8 Å². The van der Waals surface area contributed by atoms with Gasteiger partial charge in [-0.25, -0.2) is 4.68 Å². The van der Waals surface area contributed by atoms with Crippen LogP contribution in [0.1, 0.15) is 17.4 Å². The van der Waals surface area contributed by atoms with E-state index in [1.54, 1.807) is 23.0 Å². The van der Waals surface area contributed by atoms with Crippen molar-refractivity contribution in [2.24, 2.45) is 0 Å². The smallest absolute Gasteiger partial charge is 0.274 e. The molecule has 1 N–H and O–H groups in total. The first-order valence-electron chi connectivity index (χ1n) is 6.98. The molecule has 1 aromatic heterocycles. The van der Waals surface area contributed by atoms with Gasteiger partial charge in [0.25, 0.3) is 5.91 Å². The van der Waals surface area contributed by atoms with Gasteiger partial charge in [0.15, 0.2) is 5.69 Å². The molecule has 1 aliphatic rings. The van der Waals surface area contributed by atoms with E-state index in [4.69, 9.17) is 11.6 Å². The average molecular weight is 305 g/mol. The number of nitrogens with zero attached hydrogens (tertiary/aromatic N) is 3. The van der Waals surface area contributed by atoms with E-state index in [2.05, 4.69) is 17.3 Å². The number of amides is 1. The Labute approximate surface area is 128 Å². The summed E-state index contributed by atoms with van der Waals surface area (Å²) in [5, 5.41) is 8.29. The van der Waals surface area contributed by atoms with Gasteiger partial charge in [-0.2, -0.15) is 5.10 Å². The number of rotatable bonds is 2. The standard InChI is InChI=1S/C15H17ClN4O/c1-11-10-19(9-7-17-11)15(21)13-6-8-20(18-13)14-5-3-2-4-12(14)16/h2-6,8,11,17H,7,9-10H2,1H3/t11-/m0/s1. The van der Waals surface area contributed by atoms with Gasteiger partial charge in [-0.1, -0.05) is 23.7 Å². The third kappa shape index (κ3) is 2.94. The van der Waals surface area contributed by atoms with Crippen molar-refractivity contribution in [3.8, 4) is 5.69 Å². The van der Waals surface area contributed by atoms with Crippen LogP contribution >= 0.6 is 11.6 Å². The second-order valence-electron chi connectivity index (χ2n) is 5.20. The van der Waals surface area contributed by atoms with Gasteiger partial charge in [0.2, 0.25) is 0 Å². The Bertz CT molecular complexity index is 655. The zero-order valence-corrected chi connectivity index (χ0v) is 12.5. The quantitative estimate of drug-likeness (QED) is 0.923. The molecule has 0 radical (unpaired) electrons. The lowest BCUT2D eigenvalue weighted by molar-refractivity contribution is 0.0702. The molecule has 0 bridgehead atoms. The molecule has 6 heteroatoms. The Balaban J connectivity index is 1.82. The van der Waals surface area contributed by atoms with Crippen molar-refractivity contribution in [3.63, 3.8) is 0 Å². The Morgan fingerprint density at radius 3 is 2.95 bits per heavy atom. The molecule has 1 atom stereocenters. The van der Waals surface area contributed by atoms with Crippen LogP contribution in [-0.4, -0.2) is 46.3 Å². The summed E-state index contributed by atoms with van der Waals surface area (Å²) in [5.41, 5.74) is 1.22. The highest BCUT2D eigenvalue weighted by molar-refractivity contribution is 6.32. The second-order valence-corrected chi connectivity index (χ2v) is 5.61. The van der Waals surface area contributed by atoms with E-state index in [1.807, 2.05) is 23.1 Å². The predicted octanol–water partition coefficient (Wildman–Crippen LogP) is 1.96. The van der Waals surface area contributed by atoms with Gasteiger partial charge in [-0.15, -0.1) is 0 Å². The van der Waals surface area contributed by atoms with Crippen molar-refractivity contribution >= 4 is 17.5 Å². The van der Waals surface area contributed by atoms with Crippen LogP contribution in [0.4, 0.5) is 0 Å². The predicted molar refractivity (Wildman–Crippen MR) is 81.9 cm³/mol. The Hall–Kier alpha value is -1.85. The van der Waals surface area contributed by atoms with Crippen molar-refractivity contribution in [2.75, 3.05) is 19.6 Å². The molecule has 110 valence electrons. The number of hydrogen-bond acceptors (Lipinski definition) is 3. The summed E-state index contributed by atoms with van der Waals surface area (Å²) in [7, 11) is 0. The number of benzene rings is 1. The topological polar surface area (TPSA) is 50.2 Å². The molecule has 2 heterocycles. The third-order valence-electron chi connectivity index (χ3n) is 3.56. The summed E-state index contributed by atoms with van der Waals surface area (Å²) in [6.45, 7) is 4.31. The van der Waals surface area contributed by atoms with Crippen LogP contribution in [0.5, 0.6) is 0 Å². The molecule has 1 saturated heterocycles. The molecule has 1 aliphatic heterocycles. The van der Waals surface area contributed by atoms with Crippen molar-refractivity contribution in [3.05, 3.63) is 47.2 Å². The molecule has 1 aromatic carbocycles. The number of carbonyl (C=O) groups excluding carboxylic acids is 1. The van der Waals surface area contributed by atoms with Crippen LogP contribution in [0, 0.1) is 0 Å². The zero-order valence-electron chi connectivity index (χ0n) is 11.8. The summed E-state index contributed by atoms with van der Waals surface area (Å²) in [6.07, 6.45) is 1.76. The van der Waals surface area contributed by atoms with Crippen molar-refractivity contribution < 1.29 is 4.79 Å². The number of carbonyl (C=O) groups is 1. The summed E-state index contributed by atoms with van der Waals surface area (Å²) >= 11 is 6.15. The van der Waals surface area contributed by atoms with Gasteiger partial charge in [-0.05, 0) is 25.1 Å². The maximum absolute atomic E-state index is 12.5. The number of nitrogens with one attached hydrogen (secondary N) is 1. The summed E-state index contributed by atoms with van der Waals surface area (Å²) in [6, 6.07) is 9.48. The Kier molecular flexibility index (Phi) is 3.94. The summed E-state index contributed by atoms with van der Waals surface area (Å²) in [5.74, 6) is -0.0332. The van der Waals surface area contributed by atoms with Crippen LogP contribution in [0.15, 0.2) is 36.5 Å². The number of aromatic nitrogens is 2. The molecule has 0 saturated carbocycles. The number of piperazine rings is 1. The largest absolute Gasteiger partial charge is 0.334 e. The molecule has 3 rings (SSSR count). The highest BCUT2D eigenvalue weighted by Gasteiger charge is 2.23. The van der Waals surface area contributed by atoms with E-state index in [9.17, 15) is 4.79 Å². The van der Waals surface area contributed by atoms with Crippen LogP contribution in [-0.2, 0) is 0 Å². The fourth-order valence-corrected chi connectivity index (χ4v) is 2.71. The van der Waals surface area contributed by atoms with Gasteiger partial charge in [0, 0.05) is 31.9 Å². The van der Waals surface area contributed by atoms with Crippen LogP contribution < -0.4 is 5.32 Å². The Morgan fingerprint density at radius 2 is 2.19 bits per heavy atom. The van der Waals surface area contributed by atoms with Crippen molar-refractivity contribution in [1.29, 1.82) is 0 Å². The molecule has 0 unspecified atom stereocenters. The van der Waals surface area contributed by atoms with E-state index in [0.717, 1.165) is 12.2 Å². The monoisotopic (exact) mass is 304 g/mol. The highest BCUT2D eigenvalue weighted by Crippen LogP contribution is 2.19. The average Bonchev–Trinajstić information content (AvgIpc) is 2.96. The second kappa shape index (κ2) is 5.87. The van der Waals surface area contributed by atoms with Crippen LogP contribution in [0.25, 0.3) is 5.69 Å². The lowest BCUT2D eigenvalue weighted by Gasteiger charge is -2.31. The van der Waals surface area contributed by atoms with Gasteiger partial charge in [0.1, 0.15) is 0 Å². The summed E-state index contributed by atoms with van der Waals surface area (Å²) in [4.78, 5) is 14.3. The lowest BCUT2D eigenvalue weighted by Crippen LogP contribution is -2.51. The first-order chi connectivity index (χ1) is 10.1. The summed E-state index contributed by atoms with van der Waals surface area (Å²) < 4.78 is 1.64. The van der Waals surface area contributed by atoms with E-state index in [-0.39, 0.29) is 5.91 Å². The molecule has 1 amide bonds. The number of para-hydroxylation sites is 1. The minimum absolute atomic E-state index is 0.0332. The fourth-order valence-electron chi connectivity index (χ4n) is 2.49. The SMILES string of the molecule is C[C@H]1CN(C(=O)c2ccn(-c3ccccc3Cl)n2)CCN1. The van der Waals surface area contributed by atoms with Gasteiger partial charge < -0.3 is 10.2 Å². The molecule has 1 fully saturated rings. The minimum atomic E-state index is -0.0332. The zero-order chi connectivity index (χ0) is 14.8. The molecule has 2 aromatic rings. The van der Waals surface area contributed by atoms with E-state index >= 15 is 0 Å². The van der Waals surface area contributed by atoms with Crippen molar-refractivity contribution in [2.45, 2.75) is 13.0 Å². The Morgan fingerprint density at radius 1 is 1.38 bits per heavy atom. The van der Waals surface area contributed by atoms with Crippen LogP contribution in [0.2, 0.25) is 5.02 Å². The van der Waals surface area contributed by atoms with E-state index < -0.39 is 0 Å². The lowest BCUT2D eigenvalue weighted by atomic mass is 10.2. The molecular weight excluding hydrogens is 288 g/mol. The number of halogens is 1. The molecule has 21 heavy (non-hydrogen) atoms. The third-order valence-corrected chi connectivity index (χ3v) is 3.88. The first kappa shape index (κ1) is 14.1. The molecule has 0 aliphatic carbocycles. The maximum Gasteiger partial charge on any atom is 0.274 e. The number of hydrogen-bond donors (Lipinski definition) is 1. The van der Waals surface area contributed by atoms with Crippen molar-refractivity contribution in [1.82, 2.24) is 20.0 Å². The van der Waals surface area contributed by atoms with Gasteiger partial charge in [0.05, 0.1) is 10.7 Å². The fraction of sp³-hybridized carbons (Fsp3) is 0.333.